The first kappa shape index (κ1) is 16.2. The second kappa shape index (κ2) is 6.20. The molecule has 0 spiro atoms. The molecule has 0 amide bonds. The van der Waals surface area contributed by atoms with Gasteiger partial charge in [-0.25, -0.2) is 13.4 Å². The van der Waals surface area contributed by atoms with Gasteiger partial charge >= 0.3 is 0 Å². The lowest BCUT2D eigenvalue weighted by molar-refractivity contribution is 0.601. The van der Waals surface area contributed by atoms with E-state index in [9.17, 15) is 8.42 Å². The van der Waals surface area contributed by atoms with E-state index in [2.05, 4.69) is 14.3 Å². The SMILES string of the molecule is O=S(=O)(Nc1cccc(-c2cnc3n2CCC3)c1)c1cccc(Cl)c1. The molecule has 128 valence electrons. The fourth-order valence-corrected chi connectivity index (χ4v) is 4.43. The smallest absolute Gasteiger partial charge is 0.261 e. The molecule has 0 atom stereocenters. The number of rotatable bonds is 4. The Morgan fingerprint density at radius 2 is 1.96 bits per heavy atom. The Kier molecular flexibility index (Phi) is 4.01. The summed E-state index contributed by atoms with van der Waals surface area (Å²) in [4.78, 5) is 4.58. The third-order valence-corrected chi connectivity index (χ3v) is 5.85. The minimum Gasteiger partial charge on any atom is -0.328 e. The van der Waals surface area contributed by atoms with Gasteiger partial charge in [-0.05, 0) is 36.8 Å². The molecule has 7 heteroatoms. The van der Waals surface area contributed by atoms with E-state index in [-0.39, 0.29) is 4.90 Å². The molecule has 4 rings (SSSR count). The van der Waals surface area contributed by atoms with Crippen molar-refractivity contribution in [3.63, 3.8) is 0 Å². The van der Waals surface area contributed by atoms with E-state index in [0.29, 0.717) is 10.7 Å². The van der Waals surface area contributed by atoms with E-state index in [4.69, 9.17) is 11.6 Å². The standard InChI is InChI=1S/C18H16ClN3O2S/c19-14-5-2-7-16(11-14)25(23,24)21-15-6-1-4-13(10-15)17-12-20-18-8-3-9-22(17)18/h1-2,4-7,10-12,21H,3,8-9H2. The Hall–Kier alpha value is -2.31. The van der Waals surface area contributed by atoms with Crippen LogP contribution in [0.5, 0.6) is 0 Å². The van der Waals surface area contributed by atoms with E-state index < -0.39 is 10.0 Å². The minimum atomic E-state index is -3.69. The van der Waals surface area contributed by atoms with Crippen molar-refractivity contribution >= 4 is 27.3 Å². The average molecular weight is 374 g/mol. The quantitative estimate of drug-likeness (QED) is 0.753. The van der Waals surface area contributed by atoms with Gasteiger partial charge in [0.2, 0.25) is 0 Å². The third kappa shape index (κ3) is 3.15. The first-order valence-electron chi connectivity index (χ1n) is 7.96. The molecule has 0 fully saturated rings. The molecular formula is C18H16ClN3O2S. The van der Waals surface area contributed by atoms with Crippen molar-refractivity contribution in [2.45, 2.75) is 24.3 Å². The summed E-state index contributed by atoms with van der Waals surface area (Å²) in [7, 11) is -3.69. The van der Waals surface area contributed by atoms with Crippen LogP contribution < -0.4 is 4.72 Å². The number of hydrogen-bond acceptors (Lipinski definition) is 3. The van der Waals surface area contributed by atoms with Gasteiger partial charge in [-0.1, -0.05) is 29.8 Å². The molecule has 3 aromatic rings. The van der Waals surface area contributed by atoms with Crippen LogP contribution in [0.1, 0.15) is 12.2 Å². The highest BCUT2D eigenvalue weighted by Gasteiger charge is 2.18. The molecule has 2 heterocycles. The molecule has 0 radical (unpaired) electrons. The van der Waals surface area contributed by atoms with Crippen LogP contribution in [0.3, 0.4) is 0 Å². The number of nitrogens with one attached hydrogen (secondary N) is 1. The molecule has 0 saturated carbocycles. The summed E-state index contributed by atoms with van der Waals surface area (Å²) in [6, 6.07) is 13.5. The summed E-state index contributed by atoms with van der Waals surface area (Å²) >= 11 is 5.90. The van der Waals surface area contributed by atoms with E-state index >= 15 is 0 Å². The second-order valence-electron chi connectivity index (χ2n) is 5.96. The van der Waals surface area contributed by atoms with Crippen LogP contribution in [-0.4, -0.2) is 18.0 Å². The number of aromatic nitrogens is 2. The lowest BCUT2D eigenvalue weighted by atomic mass is 10.1. The van der Waals surface area contributed by atoms with E-state index in [1.54, 1.807) is 18.2 Å². The first-order chi connectivity index (χ1) is 12.0. The third-order valence-electron chi connectivity index (χ3n) is 4.24. The van der Waals surface area contributed by atoms with Crippen molar-refractivity contribution in [1.82, 2.24) is 9.55 Å². The minimum absolute atomic E-state index is 0.135. The summed E-state index contributed by atoms with van der Waals surface area (Å²) in [5, 5.41) is 0.381. The number of anilines is 1. The number of benzene rings is 2. The maximum Gasteiger partial charge on any atom is 0.261 e. The van der Waals surface area contributed by atoms with Crippen molar-refractivity contribution < 1.29 is 8.42 Å². The van der Waals surface area contributed by atoms with E-state index in [0.717, 1.165) is 36.5 Å². The van der Waals surface area contributed by atoms with Gasteiger partial charge in [0, 0.05) is 29.2 Å². The lowest BCUT2D eigenvalue weighted by Gasteiger charge is -2.11. The Balaban J connectivity index is 1.66. The van der Waals surface area contributed by atoms with Crippen LogP contribution in [0.2, 0.25) is 5.02 Å². The number of fused-ring (bicyclic) bond motifs is 1. The fraction of sp³-hybridized carbons (Fsp3) is 0.167. The fourth-order valence-electron chi connectivity index (χ4n) is 3.08. The van der Waals surface area contributed by atoms with E-state index in [1.807, 2.05) is 24.4 Å². The molecule has 5 nitrogen and oxygen atoms in total. The molecule has 0 unspecified atom stereocenters. The molecule has 0 aliphatic carbocycles. The van der Waals surface area contributed by atoms with Crippen molar-refractivity contribution in [2.75, 3.05) is 4.72 Å². The molecular weight excluding hydrogens is 358 g/mol. The van der Waals surface area contributed by atoms with Gasteiger partial charge in [0.05, 0.1) is 16.8 Å². The van der Waals surface area contributed by atoms with Crippen LogP contribution in [0.25, 0.3) is 11.3 Å². The monoisotopic (exact) mass is 373 g/mol. The van der Waals surface area contributed by atoms with Crippen molar-refractivity contribution in [2.24, 2.45) is 0 Å². The maximum absolute atomic E-state index is 12.6. The van der Waals surface area contributed by atoms with Crippen molar-refractivity contribution in [3.8, 4) is 11.3 Å². The maximum atomic E-state index is 12.6. The summed E-state index contributed by atoms with van der Waals surface area (Å²) < 4.78 is 29.9. The number of imidazole rings is 1. The van der Waals surface area contributed by atoms with Crippen LogP contribution in [-0.2, 0) is 23.0 Å². The highest BCUT2D eigenvalue weighted by molar-refractivity contribution is 7.92. The Labute approximate surface area is 151 Å². The molecule has 1 aromatic heterocycles. The Morgan fingerprint density at radius 1 is 1.12 bits per heavy atom. The topological polar surface area (TPSA) is 64.0 Å². The van der Waals surface area contributed by atoms with Gasteiger partial charge in [0.1, 0.15) is 5.82 Å². The van der Waals surface area contributed by atoms with Crippen LogP contribution in [0.15, 0.2) is 59.6 Å². The highest BCUT2D eigenvalue weighted by atomic mass is 35.5. The summed E-state index contributed by atoms with van der Waals surface area (Å²) in [6.45, 7) is 0.948. The largest absolute Gasteiger partial charge is 0.328 e. The number of hydrogen-bond donors (Lipinski definition) is 1. The zero-order valence-corrected chi connectivity index (χ0v) is 14.9. The van der Waals surface area contributed by atoms with Crippen molar-refractivity contribution in [1.29, 1.82) is 0 Å². The highest BCUT2D eigenvalue weighted by Crippen LogP contribution is 2.28. The average Bonchev–Trinajstić information content (AvgIpc) is 3.18. The predicted octanol–water partition coefficient (Wildman–Crippen LogP) is 3.95. The molecule has 1 N–H and O–H groups in total. The van der Waals surface area contributed by atoms with Gasteiger partial charge in [0.25, 0.3) is 10.0 Å². The lowest BCUT2D eigenvalue weighted by Crippen LogP contribution is -2.12. The first-order valence-corrected chi connectivity index (χ1v) is 9.82. The zero-order chi connectivity index (χ0) is 17.4. The van der Waals surface area contributed by atoms with Crippen molar-refractivity contribution in [3.05, 3.63) is 65.6 Å². The van der Waals surface area contributed by atoms with Gasteiger partial charge in [-0.15, -0.1) is 0 Å². The summed E-state index contributed by atoms with van der Waals surface area (Å²) in [6.07, 6.45) is 3.93. The number of halogens is 1. The molecule has 1 aliphatic heterocycles. The molecule has 0 bridgehead atoms. The second-order valence-corrected chi connectivity index (χ2v) is 8.08. The summed E-state index contributed by atoms with van der Waals surface area (Å²) in [5.74, 6) is 1.08. The molecule has 1 aliphatic rings. The van der Waals surface area contributed by atoms with Gasteiger partial charge in [-0.2, -0.15) is 0 Å². The molecule has 25 heavy (non-hydrogen) atoms. The Morgan fingerprint density at radius 3 is 2.80 bits per heavy atom. The van der Waals surface area contributed by atoms with Gasteiger partial charge in [-0.3, -0.25) is 4.72 Å². The Bertz CT molecular complexity index is 1040. The normalized spacial score (nSPS) is 13.6. The molecule has 0 saturated heterocycles. The zero-order valence-electron chi connectivity index (χ0n) is 13.3. The molecule has 2 aromatic carbocycles. The van der Waals surface area contributed by atoms with Gasteiger partial charge < -0.3 is 4.57 Å². The number of nitrogens with zero attached hydrogens (tertiary/aromatic N) is 2. The summed E-state index contributed by atoms with van der Waals surface area (Å²) in [5.41, 5.74) is 2.45. The van der Waals surface area contributed by atoms with Crippen LogP contribution in [0.4, 0.5) is 5.69 Å². The number of aryl methyl sites for hydroxylation is 1. The predicted molar refractivity (Wildman–Crippen MR) is 98.2 cm³/mol. The van der Waals surface area contributed by atoms with Gasteiger partial charge in [0.15, 0.2) is 0 Å². The van der Waals surface area contributed by atoms with Crippen LogP contribution in [0, 0.1) is 0 Å². The number of sulfonamides is 1. The van der Waals surface area contributed by atoms with E-state index in [1.165, 1.54) is 12.1 Å². The van der Waals surface area contributed by atoms with Crippen LogP contribution >= 0.6 is 11.6 Å².